The smallest absolute Gasteiger partial charge is 0.280 e. The number of rotatable bonds is 4. The van der Waals surface area contributed by atoms with Gasteiger partial charge in [-0.15, -0.1) is 0 Å². The first kappa shape index (κ1) is 13.9. The molecule has 2 heterocycles. The first-order chi connectivity index (χ1) is 9.06. The summed E-state index contributed by atoms with van der Waals surface area (Å²) in [4.78, 5) is 28.1. The summed E-state index contributed by atoms with van der Waals surface area (Å²) in [7, 11) is 3.12. The highest BCUT2D eigenvalue weighted by Crippen LogP contribution is 2.10. The van der Waals surface area contributed by atoms with Crippen LogP contribution in [0.15, 0.2) is 21.9 Å². The average Bonchev–Trinajstić information content (AvgIpc) is 2.43. The Kier molecular flexibility index (Phi) is 4.09. The van der Waals surface area contributed by atoms with Gasteiger partial charge in [0, 0.05) is 20.3 Å². The Balaban J connectivity index is 2.54. The van der Waals surface area contributed by atoms with Gasteiger partial charge >= 0.3 is 5.69 Å². The summed E-state index contributed by atoms with van der Waals surface area (Å²) in [6.07, 6.45) is 5.78. The van der Waals surface area contributed by atoms with Gasteiger partial charge in [0.25, 0.3) is 5.56 Å². The van der Waals surface area contributed by atoms with Crippen LogP contribution in [-0.2, 0) is 20.5 Å². The molecule has 0 unspecified atom stereocenters. The summed E-state index contributed by atoms with van der Waals surface area (Å²) in [6.45, 7) is 0. The molecule has 0 saturated heterocycles. The lowest BCUT2D eigenvalue weighted by molar-refractivity contribution is 0.707. The molecule has 2 aromatic heterocycles. The van der Waals surface area contributed by atoms with Crippen LogP contribution in [0, 0.1) is 0 Å². The second-order valence-electron chi connectivity index (χ2n) is 4.52. The van der Waals surface area contributed by atoms with Crippen LogP contribution in [0.4, 0.5) is 0 Å². The summed E-state index contributed by atoms with van der Waals surface area (Å²) in [5.41, 5.74) is 0.858. The number of aryl methyl sites for hydroxylation is 2. The van der Waals surface area contributed by atoms with Crippen molar-refractivity contribution in [2.45, 2.75) is 12.8 Å². The van der Waals surface area contributed by atoms with Crippen LogP contribution in [-0.4, -0.2) is 26.1 Å². The molecule has 0 aliphatic carbocycles. The van der Waals surface area contributed by atoms with Crippen molar-refractivity contribution >= 4 is 22.8 Å². The molecular formula is C13H17N3O2S. The van der Waals surface area contributed by atoms with E-state index >= 15 is 0 Å². The third kappa shape index (κ3) is 2.58. The lowest BCUT2D eigenvalue weighted by Crippen LogP contribution is -2.37. The van der Waals surface area contributed by atoms with E-state index in [2.05, 4.69) is 11.2 Å². The maximum atomic E-state index is 12.1. The molecule has 0 aliphatic heterocycles. The Morgan fingerprint density at radius 1 is 1.26 bits per heavy atom. The number of fused-ring (bicyclic) bond motifs is 1. The van der Waals surface area contributed by atoms with Crippen molar-refractivity contribution in [2.75, 3.05) is 12.0 Å². The average molecular weight is 279 g/mol. The highest BCUT2D eigenvalue weighted by molar-refractivity contribution is 7.98. The second-order valence-corrected chi connectivity index (χ2v) is 5.50. The molecule has 5 nitrogen and oxygen atoms in total. The fourth-order valence-corrected chi connectivity index (χ4v) is 2.50. The molecule has 0 N–H and O–H groups in total. The quantitative estimate of drug-likeness (QED) is 0.781. The van der Waals surface area contributed by atoms with Crippen molar-refractivity contribution in [1.82, 2.24) is 14.1 Å². The van der Waals surface area contributed by atoms with Gasteiger partial charge in [-0.05, 0) is 36.5 Å². The monoisotopic (exact) mass is 279 g/mol. The van der Waals surface area contributed by atoms with Crippen molar-refractivity contribution in [3.63, 3.8) is 0 Å². The standard InChI is InChI=1S/C13H17N3O2S/c1-15-11-10(12(17)16(2)13(15)18)7-9(8-14-11)5-4-6-19-3/h7-8H,4-6H2,1-3H3. The van der Waals surface area contributed by atoms with Crippen LogP contribution in [0.5, 0.6) is 0 Å². The lowest BCUT2D eigenvalue weighted by atomic mass is 10.1. The van der Waals surface area contributed by atoms with Crippen molar-refractivity contribution in [3.8, 4) is 0 Å². The minimum Gasteiger partial charge on any atom is -0.280 e. The predicted octanol–water partition coefficient (Wildman–Crippen LogP) is 0.928. The van der Waals surface area contributed by atoms with E-state index in [1.165, 1.54) is 11.6 Å². The zero-order valence-corrected chi connectivity index (χ0v) is 12.2. The second kappa shape index (κ2) is 5.61. The predicted molar refractivity (Wildman–Crippen MR) is 78.9 cm³/mol. The molecule has 0 spiro atoms. The van der Waals surface area contributed by atoms with Gasteiger partial charge in [0.05, 0.1) is 5.39 Å². The molecule has 0 radical (unpaired) electrons. The summed E-state index contributed by atoms with van der Waals surface area (Å²) < 4.78 is 2.53. The number of hydrogen-bond donors (Lipinski definition) is 0. The van der Waals surface area contributed by atoms with Gasteiger partial charge in [0.1, 0.15) is 5.65 Å². The van der Waals surface area contributed by atoms with E-state index in [4.69, 9.17) is 0 Å². The molecule has 0 saturated carbocycles. The largest absolute Gasteiger partial charge is 0.332 e. The van der Waals surface area contributed by atoms with Gasteiger partial charge in [-0.2, -0.15) is 11.8 Å². The van der Waals surface area contributed by atoms with E-state index < -0.39 is 0 Å². The normalized spacial score (nSPS) is 11.1. The van der Waals surface area contributed by atoms with Crippen LogP contribution in [0.2, 0.25) is 0 Å². The number of nitrogens with zero attached hydrogens (tertiary/aromatic N) is 3. The molecule has 2 rings (SSSR count). The number of pyridine rings is 1. The highest BCUT2D eigenvalue weighted by atomic mass is 32.2. The Morgan fingerprint density at radius 3 is 2.68 bits per heavy atom. The molecular weight excluding hydrogens is 262 g/mol. The number of thioether (sulfide) groups is 1. The van der Waals surface area contributed by atoms with E-state index in [0.717, 1.165) is 28.7 Å². The Labute approximate surface area is 115 Å². The van der Waals surface area contributed by atoms with Crippen molar-refractivity contribution < 1.29 is 0 Å². The van der Waals surface area contributed by atoms with Gasteiger partial charge < -0.3 is 0 Å². The summed E-state index contributed by atoms with van der Waals surface area (Å²) in [5, 5.41) is 0.506. The molecule has 0 bridgehead atoms. The maximum Gasteiger partial charge on any atom is 0.332 e. The van der Waals surface area contributed by atoms with E-state index in [1.54, 1.807) is 25.0 Å². The van der Waals surface area contributed by atoms with E-state index in [0.29, 0.717) is 11.0 Å². The Hall–Kier alpha value is -1.56. The molecule has 0 fully saturated rings. The third-order valence-corrected chi connectivity index (χ3v) is 3.86. The van der Waals surface area contributed by atoms with Crippen LogP contribution in [0.25, 0.3) is 11.0 Å². The number of aromatic nitrogens is 3. The van der Waals surface area contributed by atoms with Crippen molar-refractivity contribution in [2.24, 2.45) is 14.1 Å². The summed E-state index contributed by atoms with van der Waals surface area (Å²) in [6, 6.07) is 1.85. The first-order valence-electron chi connectivity index (χ1n) is 6.10. The van der Waals surface area contributed by atoms with Crippen molar-refractivity contribution in [3.05, 3.63) is 38.7 Å². The van der Waals surface area contributed by atoms with Crippen LogP contribution in [0.1, 0.15) is 12.0 Å². The van der Waals surface area contributed by atoms with E-state index in [9.17, 15) is 9.59 Å². The Morgan fingerprint density at radius 2 is 2.00 bits per heavy atom. The van der Waals surface area contributed by atoms with E-state index in [-0.39, 0.29) is 11.2 Å². The molecule has 0 amide bonds. The molecule has 6 heteroatoms. The zero-order valence-electron chi connectivity index (χ0n) is 11.3. The van der Waals surface area contributed by atoms with Gasteiger partial charge in [0.15, 0.2) is 0 Å². The van der Waals surface area contributed by atoms with E-state index in [1.807, 2.05) is 6.07 Å². The molecule has 2 aromatic rings. The molecule has 19 heavy (non-hydrogen) atoms. The Bertz CT molecular complexity index is 718. The number of hydrogen-bond acceptors (Lipinski definition) is 4. The van der Waals surface area contributed by atoms with Crippen LogP contribution >= 0.6 is 11.8 Å². The topological polar surface area (TPSA) is 56.9 Å². The first-order valence-corrected chi connectivity index (χ1v) is 7.49. The highest BCUT2D eigenvalue weighted by Gasteiger charge is 2.09. The SMILES string of the molecule is CSCCCc1cnc2c(c1)c(=O)n(C)c(=O)n2C. The van der Waals surface area contributed by atoms with Crippen LogP contribution in [0.3, 0.4) is 0 Å². The lowest BCUT2D eigenvalue weighted by Gasteiger charge is -2.07. The molecule has 102 valence electrons. The van der Waals surface area contributed by atoms with Crippen molar-refractivity contribution in [1.29, 1.82) is 0 Å². The van der Waals surface area contributed by atoms with Gasteiger partial charge in [-0.1, -0.05) is 0 Å². The summed E-state index contributed by atoms with van der Waals surface area (Å²) in [5.74, 6) is 1.09. The van der Waals surface area contributed by atoms with Gasteiger partial charge in [-0.25, -0.2) is 9.78 Å². The third-order valence-electron chi connectivity index (χ3n) is 3.16. The fraction of sp³-hybridized carbons (Fsp3) is 0.462. The molecule has 0 atom stereocenters. The molecule has 0 aromatic carbocycles. The minimum absolute atomic E-state index is 0.280. The van der Waals surface area contributed by atoms with Gasteiger partial charge in [-0.3, -0.25) is 13.9 Å². The minimum atomic E-state index is -0.347. The summed E-state index contributed by atoms with van der Waals surface area (Å²) >= 11 is 1.80. The van der Waals surface area contributed by atoms with Crippen LogP contribution < -0.4 is 11.2 Å². The molecule has 0 aliphatic rings. The van der Waals surface area contributed by atoms with Gasteiger partial charge in [0.2, 0.25) is 0 Å². The maximum absolute atomic E-state index is 12.1. The zero-order chi connectivity index (χ0) is 14.0. The fourth-order valence-electron chi connectivity index (χ4n) is 2.07.